The molecule has 4 heteroatoms. The molecule has 0 N–H and O–H groups in total. The van der Waals surface area contributed by atoms with Gasteiger partial charge in [-0.1, -0.05) is 51.8 Å². The quantitative estimate of drug-likeness (QED) is 0.618. The smallest absolute Gasteiger partial charge is 0.129 e. The molecule has 17 heavy (non-hydrogen) atoms. The molecule has 0 amide bonds. The lowest BCUT2D eigenvalue weighted by molar-refractivity contribution is 1.05. The first-order valence-electron chi connectivity index (χ1n) is 5.10. The Morgan fingerprint density at radius 3 is 2.76 bits per heavy atom. The third kappa shape index (κ3) is 3.65. The van der Waals surface area contributed by atoms with E-state index in [4.69, 9.17) is 11.6 Å². The van der Waals surface area contributed by atoms with Crippen LogP contribution in [0.25, 0.3) is 0 Å². The van der Waals surface area contributed by atoms with E-state index in [1.165, 1.54) is 0 Å². The molecule has 1 aromatic heterocycles. The summed E-state index contributed by atoms with van der Waals surface area (Å²) in [6.07, 6.45) is 3.58. The van der Waals surface area contributed by atoms with E-state index in [0.717, 1.165) is 15.6 Å². The number of rotatable bonds is 3. The lowest BCUT2D eigenvalue weighted by atomic mass is 10.2. The second-order valence-electron chi connectivity index (χ2n) is 3.48. The number of aliphatic imine (C=N–C) groups is 1. The molecule has 2 aromatic rings. The molecule has 0 fully saturated rings. The van der Waals surface area contributed by atoms with Gasteiger partial charge >= 0.3 is 0 Å². The summed E-state index contributed by atoms with van der Waals surface area (Å²) in [5, 5.41) is 0.503. The van der Waals surface area contributed by atoms with Crippen LogP contribution in [0.3, 0.4) is 0 Å². The minimum Gasteiger partial charge on any atom is -0.288 e. The SMILES string of the molecule is Clc1ccc(CN=Cc2ccccc2Br)cn1. The molecule has 0 saturated carbocycles. The van der Waals surface area contributed by atoms with Gasteiger partial charge in [0.25, 0.3) is 0 Å². The Bertz CT molecular complexity index is 523. The monoisotopic (exact) mass is 308 g/mol. The van der Waals surface area contributed by atoms with Crippen LogP contribution in [0, 0.1) is 0 Å². The van der Waals surface area contributed by atoms with E-state index in [-0.39, 0.29) is 0 Å². The molecule has 2 rings (SSSR count). The highest BCUT2D eigenvalue weighted by molar-refractivity contribution is 9.10. The number of hydrogen-bond acceptors (Lipinski definition) is 2. The van der Waals surface area contributed by atoms with E-state index >= 15 is 0 Å². The van der Waals surface area contributed by atoms with E-state index in [9.17, 15) is 0 Å². The van der Waals surface area contributed by atoms with Crippen LogP contribution < -0.4 is 0 Å². The Balaban J connectivity index is 2.03. The van der Waals surface area contributed by atoms with Crippen LogP contribution in [-0.4, -0.2) is 11.2 Å². The van der Waals surface area contributed by atoms with Crippen molar-refractivity contribution in [2.45, 2.75) is 6.54 Å². The van der Waals surface area contributed by atoms with Crippen LogP contribution in [-0.2, 0) is 6.54 Å². The highest BCUT2D eigenvalue weighted by atomic mass is 79.9. The number of hydrogen-bond donors (Lipinski definition) is 0. The van der Waals surface area contributed by atoms with Gasteiger partial charge in [0.1, 0.15) is 5.15 Å². The van der Waals surface area contributed by atoms with Gasteiger partial charge in [0.05, 0.1) is 6.54 Å². The number of aromatic nitrogens is 1. The zero-order chi connectivity index (χ0) is 12.1. The Morgan fingerprint density at radius 2 is 2.06 bits per heavy atom. The Kier molecular flexibility index (Phi) is 4.29. The molecule has 86 valence electrons. The molecule has 2 nitrogen and oxygen atoms in total. The van der Waals surface area contributed by atoms with Crippen molar-refractivity contribution in [1.29, 1.82) is 0 Å². The van der Waals surface area contributed by atoms with Crippen LogP contribution in [0.15, 0.2) is 52.1 Å². The third-order valence-corrected chi connectivity index (χ3v) is 3.14. The van der Waals surface area contributed by atoms with Crippen molar-refractivity contribution < 1.29 is 0 Å². The number of benzene rings is 1. The summed E-state index contributed by atoms with van der Waals surface area (Å²) in [4.78, 5) is 8.37. The zero-order valence-electron chi connectivity index (χ0n) is 8.98. The van der Waals surface area contributed by atoms with Crippen molar-refractivity contribution in [3.8, 4) is 0 Å². The Labute approximate surface area is 114 Å². The molecular formula is C13H10BrClN2. The molecule has 0 atom stereocenters. The summed E-state index contributed by atoms with van der Waals surface area (Å²) in [5.41, 5.74) is 2.10. The van der Waals surface area contributed by atoms with Gasteiger partial charge in [-0.25, -0.2) is 4.98 Å². The highest BCUT2D eigenvalue weighted by Crippen LogP contribution is 2.13. The summed E-state index contributed by atoms with van der Waals surface area (Å²) < 4.78 is 1.04. The van der Waals surface area contributed by atoms with Gasteiger partial charge in [0.2, 0.25) is 0 Å². The van der Waals surface area contributed by atoms with Gasteiger partial charge in [-0.15, -0.1) is 0 Å². The van der Waals surface area contributed by atoms with E-state index in [0.29, 0.717) is 11.7 Å². The van der Waals surface area contributed by atoms with Crippen LogP contribution in [0.1, 0.15) is 11.1 Å². The van der Waals surface area contributed by atoms with Crippen LogP contribution in [0.4, 0.5) is 0 Å². The van der Waals surface area contributed by atoms with Gasteiger partial charge < -0.3 is 0 Å². The lowest BCUT2D eigenvalue weighted by Gasteiger charge is -1.98. The topological polar surface area (TPSA) is 25.2 Å². The van der Waals surface area contributed by atoms with E-state index in [1.807, 2.05) is 36.5 Å². The average Bonchev–Trinajstić information content (AvgIpc) is 2.34. The van der Waals surface area contributed by atoms with Crippen molar-refractivity contribution >= 4 is 33.7 Å². The van der Waals surface area contributed by atoms with Crippen LogP contribution >= 0.6 is 27.5 Å². The van der Waals surface area contributed by atoms with Crippen molar-refractivity contribution in [2.75, 3.05) is 0 Å². The summed E-state index contributed by atoms with van der Waals surface area (Å²) >= 11 is 9.18. The third-order valence-electron chi connectivity index (χ3n) is 2.20. The molecule has 0 aliphatic rings. The fourth-order valence-corrected chi connectivity index (χ4v) is 1.83. The summed E-state index contributed by atoms with van der Waals surface area (Å²) in [5.74, 6) is 0. The van der Waals surface area contributed by atoms with Gasteiger partial charge in [-0.2, -0.15) is 0 Å². The minimum atomic E-state index is 0.503. The molecule has 0 radical (unpaired) electrons. The molecule has 1 heterocycles. The molecule has 0 saturated heterocycles. The Hall–Kier alpha value is -1.19. The summed E-state index contributed by atoms with van der Waals surface area (Å²) in [7, 11) is 0. The summed E-state index contributed by atoms with van der Waals surface area (Å²) in [6, 6.07) is 11.6. The van der Waals surface area contributed by atoms with Gasteiger partial charge in [-0.3, -0.25) is 4.99 Å². The number of pyridine rings is 1. The van der Waals surface area contributed by atoms with E-state index < -0.39 is 0 Å². The average molecular weight is 310 g/mol. The predicted octanol–water partition coefficient (Wildman–Crippen LogP) is 4.12. The summed E-state index contributed by atoms with van der Waals surface area (Å²) in [6.45, 7) is 0.603. The first-order chi connectivity index (χ1) is 8.25. The maximum atomic E-state index is 5.71. The van der Waals surface area contributed by atoms with Crippen molar-refractivity contribution in [3.63, 3.8) is 0 Å². The van der Waals surface area contributed by atoms with Crippen LogP contribution in [0.5, 0.6) is 0 Å². The maximum absolute atomic E-state index is 5.71. The van der Waals surface area contributed by atoms with E-state index in [2.05, 4.69) is 25.9 Å². The largest absolute Gasteiger partial charge is 0.288 e. The van der Waals surface area contributed by atoms with Gasteiger partial charge in [-0.05, 0) is 17.7 Å². The fraction of sp³-hybridized carbons (Fsp3) is 0.0769. The standard InChI is InChI=1S/C13H10BrClN2/c14-12-4-2-1-3-11(12)9-16-7-10-5-6-13(15)17-8-10/h1-6,8-9H,7H2. The molecule has 0 spiro atoms. The molecule has 0 aliphatic carbocycles. The van der Waals surface area contributed by atoms with Crippen molar-refractivity contribution in [2.24, 2.45) is 4.99 Å². The van der Waals surface area contributed by atoms with Crippen LogP contribution in [0.2, 0.25) is 5.15 Å². The second-order valence-corrected chi connectivity index (χ2v) is 4.72. The molecule has 1 aromatic carbocycles. The first-order valence-corrected chi connectivity index (χ1v) is 6.27. The predicted molar refractivity (Wildman–Crippen MR) is 74.7 cm³/mol. The van der Waals surface area contributed by atoms with Crippen molar-refractivity contribution in [3.05, 3.63) is 63.3 Å². The molecule has 0 unspecified atom stereocenters. The van der Waals surface area contributed by atoms with E-state index in [1.54, 1.807) is 12.3 Å². The normalized spacial score (nSPS) is 10.9. The molecule has 0 bridgehead atoms. The van der Waals surface area contributed by atoms with Gasteiger partial charge in [0.15, 0.2) is 0 Å². The highest BCUT2D eigenvalue weighted by Gasteiger charge is 1.94. The first kappa shape index (κ1) is 12.3. The fourth-order valence-electron chi connectivity index (χ4n) is 1.33. The second kappa shape index (κ2) is 5.94. The van der Waals surface area contributed by atoms with Crippen molar-refractivity contribution in [1.82, 2.24) is 4.98 Å². The molecule has 0 aliphatic heterocycles. The number of halogens is 2. The van der Waals surface area contributed by atoms with Gasteiger partial charge in [0, 0.05) is 22.4 Å². The maximum Gasteiger partial charge on any atom is 0.129 e. The Morgan fingerprint density at radius 1 is 1.24 bits per heavy atom. The lowest BCUT2D eigenvalue weighted by Crippen LogP contribution is -1.86. The number of nitrogens with zero attached hydrogens (tertiary/aromatic N) is 2. The molecular weight excluding hydrogens is 300 g/mol. The zero-order valence-corrected chi connectivity index (χ0v) is 11.3. The minimum absolute atomic E-state index is 0.503.